The van der Waals surface area contributed by atoms with Gasteiger partial charge in [-0.3, -0.25) is 9.69 Å². The fraction of sp³-hybridized carbons (Fsp3) is 0.588. The zero-order chi connectivity index (χ0) is 14.8. The monoisotopic (exact) mass is 261 g/mol. The molecule has 1 aromatic carbocycles. The van der Waals surface area contributed by atoms with Crippen LogP contribution in [0.25, 0.3) is 0 Å². The summed E-state index contributed by atoms with van der Waals surface area (Å²) in [6.45, 7) is 10.4. The van der Waals surface area contributed by atoms with Gasteiger partial charge in [0.1, 0.15) is 0 Å². The van der Waals surface area contributed by atoms with Gasteiger partial charge in [-0.2, -0.15) is 0 Å². The van der Waals surface area contributed by atoms with E-state index >= 15 is 0 Å². The molecule has 0 aliphatic rings. The molecule has 1 rings (SSSR count). The van der Waals surface area contributed by atoms with Crippen LogP contribution in [0.4, 0.5) is 0 Å². The van der Waals surface area contributed by atoms with Crippen molar-refractivity contribution in [1.29, 1.82) is 0 Å². The number of ketones is 1. The molecule has 0 amide bonds. The highest BCUT2D eigenvalue weighted by molar-refractivity contribution is 6.04. The Kier molecular flexibility index (Phi) is 4.92. The van der Waals surface area contributed by atoms with E-state index in [1.807, 2.05) is 21.0 Å². The van der Waals surface area contributed by atoms with Crippen molar-refractivity contribution in [3.63, 3.8) is 0 Å². The molecule has 0 aliphatic heterocycles. The molecule has 19 heavy (non-hydrogen) atoms. The lowest BCUT2D eigenvalue weighted by molar-refractivity contribution is 0.0655. The van der Waals surface area contributed by atoms with E-state index in [1.54, 1.807) is 0 Å². The topological polar surface area (TPSA) is 20.3 Å². The predicted molar refractivity (Wildman–Crippen MR) is 82.0 cm³/mol. The van der Waals surface area contributed by atoms with Gasteiger partial charge in [0.15, 0.2) is 5.78 Å². The molecule has 0 aliphatic carbocycles. The summed E-state index contributed by atoms with van der Waals surface area (Å²) >= 11 is 0. The van der Waals surface area contributed by atoms with Crippen LogP contribution in [0.1, 0.15) is 53.7 Å². The molecule has 0 saturated carbocycles. The highest BCUT2D eigenvalue weighted by atomic mass is 16.1. The number of carbonyl (C=O) groups is 1. The maximum atomic E-state index is 13.0. The Balaban J connectivity index is 3.36. The molecule has 0 aromatic heterocycles. The number of aryl methyl sites for hydroxylation is 3. The summed E-state index contributed by atoms with van der Waals surface area (Å²) in [6.07, 6.45) is 1.67. The van der Waals surface area contributed by atoms with Crippen molar-refractivity contribution in [1.82, 2.24) is 4.90 Å². The second-order valence-corrected chi connectivity index (χ2v) is 5.71. The van der Waals surface area contributed by atoms with Crippen LogP contribution in [0.5, 0.6) is 0 Å². The first kappa shape index (κ1) is 15.9. The second-order valence-electron chi connectivity index (χ2n) is 5.71. The number of likely N-dealkylation sites (N-methyl/N-ethyl adjacent to an activating group) is 1. The number of hydrogen-bond donors (Lipinski definition) is 0. The molecule has 1 aromatic rings. The molecule has 0 atom stereocenters. The van der Waals surface area contributed by atoms with Gasteiger partial charge in [-0.25, -0.2) is 0 Å². The van der Waals surface area contributed by atoms with E-state index in [9.17, 15) is 4.79 Å². The summed E-state index contributed by atoms with van der Waals surface area (Å²) < 4.78 is 0. The van der Waals surface area contributed by atoms with E-state index in [0.717, 1.165) is 24.0 Å². The van der Waals surface area contributed by atoms with Crippen molar-refractivity contribution < 1.29 is 4.79 Å². The molecule has 0 saturated heterocycles. The number of rotatable bonds is 5. The molecule has 2 nitrogen and oxygen atoms in total. The smallest absolute Gasteiger partial charge is 0.183 e. The van der Waals surface area contributed by atoms with Gasteiger partial charge >= 0.3 is 0 Å². The number of Topliss-reactive ketones (excluding diaryl/α,β-unsaturated/α-hetero) is 1. The Bertz CT molecular complexity index is 470. The van der Waals surface area contributed by atoms with Gasteiger partial charge in [0.2, 0.25) is 0 Å². The van der Waals surface area contributed by atoms with E-state index < -0.39 is 0 Å². The minimum absolute atomic E-state index is 0.253. The van der Waals surface area contributed by atoms with E-state index in [1.165, 1.54) is 11.1 Å². The number of benzene rings is 1. The molecule has 2 heteroatoms. The minimum Gasteiger partial charge on any atom is -0.297 e. The first-order valence-electron chi connectivity index (χ1n) is 7.10. The third-order valence-corrected chi connectivity index (χ3v) is 4.53. The third kappa shape index (κ3) is 2.74. The van der Waals surface area contributed by atoms with Crippen molar-refractivity contribution in [3.05, 3.63) is 34.4 Å². The van der Waals surface area contributed by atoms with Crippen LogP contribution in [-0.2, 0) is 0 Å². The summed E-state index contributed by atoms with van der Waals surface area (Å²) in [7, 11) is 4.00. The van der Waals surface area contributed by atoms with Crippen molar-refractivity contribution >= 4 is 5.78 Å². The van der Waals surface area contributed by atoms with Crippen LogP contribution in [0.15, 0.2) is 12.1 Å². The van der Waals surface area contributed by atoms with Crippen molar-refractivity contribution in [2.24, 2.45) is 0 Å². The fourth-order valence-corrected chi connectivity index (χ4v) is 2.86. The lowest BCUT2D eigenvalue weighted by Gasteiger charge is -2.37. The van der Waals surface area contributed by atoms with Crippen LogP contribution in [0, 0.1) is 20.8 Å². The van der Waals surface area contributed by atoms with Crippen molar-refractivity contribution in [3.8, 4) is 0 Å². The first-order valence-corrected chi connectivity index (χ1v) is 7.10. The highest BCUT2D eigenvalue weighted by Crippen LogP contribution is 2.29. The first-order chi connectivity index (χ1) is 8.80. The highest BCUT2D eigenvalue weighted by Gasteiger charge is 2.38. The summed E-state index contributed by atoms with van der Waals surface area (Å²) in [6, 6.07) is 4.17. The van der Waals surface area contributed by atoms with Crippen molar-refractivity contribution in [2.75, 3.05) is 14.1 Å². The lowest BCUT2D eigenvalue weighted by atomic mass is 9.81. The quantitative estimate of drug-likeness (QED) is 0.749. The van der Waals surface area contributed by atoms with Gasteiger partial charge in [-0.1, -0.05) is 19.9 Å². The summed E-state index contributed by atoms with van der Waals surface area (Å²) in [5.74, 6) is 0.253. The molecule has 0 unspecified atom stereocenters. The third-order valence-electron chi connectivity index (χ3n) is 4.53. The SMILES string of the molecule is CCC(CC)(C(=O)c1cc(C)c(C)cc1C)N(C)C. The Morgan fingerprint density at radius 3 is 1.89 bits per heavy atom. The van der Waals surface area contributed by atoms with Crippen LogP contribution >= 0.6 is 0 Å². The van der Waals surface area contributed by atoms with Crippen LogP contribution in [-0.4, -0.2) is 30.3 Å². The number of carbonyl (C=O) groups excluding carboxylic acids is 1. The van der Waals surface area contributed by atoms with Gasteiger partial charge in [0, 0.05) is 5.56 Å². The fourth-order valence-electron chi connectivity index (χ4n) is 2.86. The number of hydrogen-bond acceptors (Lipinski definition) is 2. The summed E-state index contributed by atoms with van der Waals surface area (Å²) in [5.41, 5.74) is 4.01. The standard InChI is InChI=1S/C17H27NO/c1-8-17(9-2,18(6)7)16(19)15-11-13(4)12(3)10-14(15)5/h10-11H,8-9H2,1-7H3. The molecule has 0 spiro atoms. The molecular weight excluding hydrogens is 234 g/mol. The minimum atomic E-state index is -0.382. The van der Waals surface area contributed by atoms with Crippen LogP contribution in [0.3, 0.4) is 0 Å². The van der Waals surface area contributed by atoms with Gasteiger partial charge < -0.3 is 0 Å². The van der Waals surface area contributed by atoms with E-state index in [2.05, 4.69) is 44.7 Å². The maximum absolute atomic E-state index is 13.0. The Morgan fingerprint density at radius 1 is 1.00 bits per heavy atom. The molecular formula is C17H27NO. The van der Waals surface area contributed by atoms with Crippen LogP contribution < -0.4 is 0 Å². The second kappa shape index (κ2) is 5.87. The van der Waals surface area contributed by atoms with Crippen LogP contribution in [0.2, 0.25) is 0 Å². The van der Waals surface area contributed by atoms with Gasteiger partial charge in [0.05, 0.1) is 5.54 Å². The van der Waals surface area contributed by atoms with Crippen molar-refractivity contribution in [2.45, 2.75) is 53.0 Å². The largest absolute Gasteiger partial charge is 0.297 e. The Hall–Kier alpha value is -1.15. The molecule has 106 valence electrons. The Morgan fingerprint density at radius 2 is 1.47 bits per heavy atom. The predicted octanol–water partition coefficient (Wildman–Crippen LogP) is 3.91. The lowest BCUT2D eigenvalue weighted by Crippen LogP contribution is -2.50. The zero-order valence-corrected chi connectivity index (χ0v) is 13.4. The molecule has 0 heterocycles. The van der Waals surface area contributed by atoms with E-state index in [-0.39, 0.29) is 11.3 Å². The van der Waals surface area contributed by atoms with Gasteiger partial charge in [-0.15, -0.1) is 0 Å². The molecule has 0 fully saturated rings. The van der Waals surface area contributed by atoms with E-state index in [0.29, 0.717) is 0 Å². The average Bonchev–Trinajstić information content (AvgIpc) is 2.35. The van der Waals surface area contributed by atoms with E-state index in [4.69, 9.17) is 0 Å². The molecule has 0 N–H and O–H groups in total. The Labute approximate surface area is 117 Å². The normalized spacial score (nSPS) is 12.0. The average molecular weight is 261 g/mol. The summed E-state index contributed by atoms with van der Waals surface area (Å²) in [5, 5.41) is 0. The molecule has 0 bridgehead atoms. The molecule has 0 radical (unpaired) electrons. The van der Waals surface area contributed by atoms with Gasteiger partial charge in [0.25, 0.3) is 0 Å². The summed E-state index contributed by atoms with van der Waals surface area (Å²) in [4.78, 5) is 15.1. The zero-order valence-electron chi connectivity index (χ0n) is 13.4. The maximum Gasteiger partial charge on any atom is 0.183 e. The number of nitrogens with zero attached hydrogens (tertiary/aromatic N) is 1. The van der Waals surface area contributed by atoms with Gasteiger partial charge in [-0.05, 0) is 70.5 Å².